The summed E-state index contributed by atoms with van der Waals surface area (Å²) < 4.78 is 0. The number of rotatable bonds is 4. The van der Waals surface area contributed by atoms with Crippen molar-refractivity contribution >= 4 is 22.7 Å². The van der Waals surface area contributed by atoms with Gasteiger partial charge in [-0.2, -0.15) is 0 Å². The van der Waals surface area contributed by atoms with Crippen molar-refractivity contribution in [1.29, 1.82) is 0 Å². The zero-order valence-electron chi connectivity index (χ0n) is 16.8. The fourth-order valence-electron chi connectivity index (χ4n) is 4.35. The van der Waals surface area contributed by atoms with Gasteiger partial charge in [0.1, 0.15) is 0 Å². The summed E-state index contributed by atoms with van der Waals surface area (Å²) in [6.45, 7) is 5.10. The van der Waals surface area contributed by atoms with Crippen molar-refractivity contribution in [1.82, 2.24) is 24.7 Å². The number of pyridine rings is 1. The Morgan fingerprint density at radius 2 is 1.80 bits per heavy atom. The van der Waals surface area contributed by atoms with Gasteiger partial charge in [-0.3, -0.25) is 19.5 Å². The molecule has 2 saturated heterocycles. The number of aromatic amines is 1. The molecule has 2 aliphatic heterocycles. The number of nitrogens with one attached hydrogen (secondary N) is 1. The number of benzene rings is 1. The van der Waals surface area contributed by atoms with E-state index in [9.17, 15) is 9.59 Å². The van der Waals surface area contributed by atoms with Crippen LogP contribution in [0.15, 0.2) is 55.0 Å². The number of likely N-dealkylation sites (tertiary alicyclic amines) is 1. The number of amides is 2. The Kier molecular flexibility index (Phi) is 4.96. The van der Waals surface area contributed by atoms with Crippen molar-refractivity contribution in [3.05, 3.63) is 66.1 Å². The largest absolute Gasteiger partial charge is 0.360 e. The van der Waals surface area contributed by atoms with Crippen molar-refractivity contribution in [2.24, 2.45) is 5.92 Å². The lowest BCUT2D eigenvalue weighted by molar-refractivity contribution is -0.141. The SMILES string of the molecule is O=C(c1c[nH]c2ccccc12)N1CC(C(=O)N2CCN(Cc3cccnc3)CC2)C1. The van der Waals surface area contributed by atoms with Gasteiger partial charge in [-0.15, -0.1) is 0 Å². The minimum Gasteiger partial charge on any atom is -0.360 e. The van der Waals surface area contributed by atoms with Crippen molar-refractivity contribution in [3.8, 4) is 0 Å². The quantitative estimate of drug-likeness (QED) is 0.723. The van der Waals surface area contributed by atoms with Crippen molar-refractivity contribution in [2.75, 3.05) is 39.3 Å². The van der Waals surface area contributed by atoms with Gasteiger partial charge < -0.3 is 14.8 Å². The van der Waals surface area contributed by atoms with E-state index in [1.807, 2.05) is 41.4 Å². The van der Waals surface area contributed by atoms with E-state index in [4.69, 9.17) is 0 Å². The van der Waals surface area contributed by atoms with Gasteiger partial charge >= 0.3 is 0 Å². The molecule has 2 fully saturated rings. The fourth-order valence-corrected chi connectivity index (χ4v) is 4.35. The van der Waals surface area contributed by atoms with E-state index in [1.54, 1.807) is 17.3 Å². The first-order chi connectivity index (χ1) is 14.7. The third-order valence-corrected chi connectivity index (χ3v) is 6.15. The number of H-pyrrole nitrogens is 1. The minimum absolute atomic E-state index is 0.00205. The van der Waals surface area contributed by atoms with Crippen LogP contribution in [0.3, 0.4) is 0 Å². The lowest BCUT2D eigenvalue weighted by atomic mass is 9.96. The fraction of sp³-hybridized carbons (Fsp3) is 0.348. The highest BCUT2D eigenvalue weighted by atomic mass is 16.2. The maximum Gasteiger partial charge on any atom is 0.256 e. The lowest BCUT2D eigenvalue weighted by Crippen LogP contribution is -2.59. The molecule has 5 rings (SSSR count). The summed E-state index contributed by atoms with van der Waals surface area (Å²) in [6, 6.07) is 11.8. The first-order valence-electron chi connectivity index (χ1n) is 10.4. The number of carbonyl (C=O) groups is 2. The number of piperazine rings is 1. The Labute approximate surface area is 175 Å². The van der Waals surface area contributed by atoms with Crippen LogP contribution in [0.25, 0.3) is 10.9 Å². The molecule has 3 aromatic rings. The van der Waals surface area contributed by atoms with Crippen LogP contribution in [0.1, 0.15) is 15.9 Å². The molecule has 7 heteroatoms. The van der Waals surface area contributed by atoms with Gasteiger partial charge in [-0.25, -0.2) is 0 Å². The minimum atomic E-state index is -0.0796. The summed E-state index contributed by atoms with van der Waals surface area (Å²) >= 11 is 0. The number of para-hydroxylation sites is 1. The summed E-state index contributed by atoms with van der Waals surface area (Å²) in [5.41, 5.74) is 2.83. The van der Waals surface area contributed by atoms with Crippen LogP contribution >= 0.6 is 0 Å². The molecule has 7 nitrogen and oxygen atoms in total. The zero-order chi connectivity index (χ0) is 20.5. The Bertz CT molecular complexity index is 1050. The highest BCUT2D eigenvalue weighted by Crippen LogP contribution is 2.25. The van der Waals surface area contributed by atoms with E-state index in [-0.39, 0.29) is 17.7 Å². The average Bonchev–Trinajstić information content (AvgIpc) is 3.18. The molecule has 2 amide bonds. The predicted molar refractivity (Wildman–Crippen MR) is 114 cm³/mol. The van der Waals surface area contributed by atoms with Crippen LogP contribution < -0.4 is 0 Å². The molecular formula is C23H25N5O2. The van der Waals surface area contributed by atoms with Gasteiger partial charge in [0.25, 0.3) is 5.91 Å². The maximum absolute atomic E-state index is 12.9. The average molecular weight is 403 g/mol. The molecule has 2 aliphatic rings. The topological polar surface area (TPSA) is 72.5 Å². The van der Waals surface area contributed by atoms with Crippen LogP contribution in [0, 0.1) is 5.92 Å². The Morgan fingerprint density at radius 3 is 2.57 bits per heavy atom. The summed E-state index contributed by atoms with van der Waals surface area (Å²) in [5, 5.41) is 0.932. The molecular weight excluding hydrogens is 378 g/mol. The van der Waals surface area contributed by atoms with E-state index in [2.05, 4.69) is 20.9 Å². The molecule has 0 saturated carbocycles. The van der Waals surface area contributed by atoms with Gasteiger partial charge in [0.15, 0.2) is 0 Å². The molecule has 4 heterocycles. The van der Waals surface area contributed by atoms with E-state index < -0.39 is 0 Å². The number of carbonyl (C=O) groups excluding carboxylic acids is 2. The second kappa shape index (κ2) is 7.91. The molecule has 0 unspecified atom stereocenters. The van der Waals surface area contributed by atoms with Gasteiger partial charge in [-0.1, -0.05) is 24.3 Å². The lowest BCUT2D eigenvalue weighted by Gasteiger charge is -2.42. The molecule has 1 aromatic carbocycles. The van der Waals surface area contributed by atoms with E-state index in [0.29, 0.717) is 18.7 Å². The van der Waals surface area contributed by atoms with Crippen LogP contribution in [0.5, 0.6) is 0 Å². The Hall–Kier alpha value is -3.19. The molecule has 1 N–H and O–H groups in total. The zero-order valence-corrected chi connectivity index (χ0v) is 16.8. The van der Waals surface area contributed by atoms with Crippen molar-refractivity contribution in [2.45, 2.75) is 6.54 Å². The predicted octanol–water partition coefficient (Wildman–Crippen LogP) is 1.98. The summed E-state index contributed by atoms with van der Waals surface area (Å²) in [4.78, 5) is 39.1. The highest BCUT2D eigenvalue weighted by Gasteiger charge is 2.39. The normalized spacial score (nSPS) is 17.9. The van der Waals surface area contributed by atoms with Gasteiger partial charge in [-0.05, 0) is 17.7 Å². The van der Waals surface area contributed by atoms with Crippen LogP contribution in [-0.2, 0) is 11.3 Å². The van der Waals surface area contributed by atoms with Gasteiger partial charge in [0, 0.05) is 75.3 Å². The van der Waals surface area contributed by atoms with E-state index >= 15 is 0 Å². The Morgan fingerprint density at radius 1 is 1.00 bits per heavy atom. The molecule has 30 heavy (non-hydrogen) atoms. The summed E-state index contributed by atoms with van der Waals surface area (Å²) in [7, 11) is 0. The van der Waals surface area contributed by atoms with Crippen LogP contribution in [0.4, 0.5) is 0 Å². The Balaban J connectivity index is 1.12. The first-order valence-corrected chi connectivity index (χ1v) is 10.4. The van der Waals surface area contributed by atoms with E-state index in [0.717, 1.165) is 43.6 Å². The van der Waals surface area contributed by atoms with Crippen LogP contribution in [-0.4, -0.2) is 75.8 Å². The number of hydrogen-bond donors (Lipinski definition) is 1. The molecule has 0 bridgehead atoms. The van der Waals surface area contributed by atoms with Gasteiger partial charge in [0.2, 0.25) is 5.91 Å². The second-order valence-corrected chi connectivity index (χ2v) is 8.12. The van der Waals surface area contributed by atoms with Gasteiger partial charge in [0.05, 0.1) is 11.5 Å². The summed E-state index contributed by atoms with van der Waals surface area (Å²) in [6.07, 6.45) is 5.44. The molecule has 154 valence electrons. The third kappa shape index (κ3) is 3.57. The number of aromatic nitrogens is 2. The number of hydrogen-bond acceptors (Lipinski definition) is 4. The highest BCUT2D eigenvalue weighted by molar-refractivity contribution is 6.07. The number of nitrogens with zero attached hydrogens (tertiary/aromatic N) is 4. The maximum atomic E-state index is 12.9. The molecule has 0 atom stereocenters. The molecule has 2 aromatic heterocycles. The molecule has 0 spiro atoms. The standard InChI is InChI=1S/C23H25N5O2/c29-22(27-10-8-26(9-11-27)14-17-4-3-7-24-12-17)18-15-28(16-18)23(30)20-13-25-21-6-2-1-5-19(20)21/h1-7,12-13,18,25H,8-11,14-16H2. The summed E-state index contributed by atoms with van der Waals surface area (Å²) in [5.74, 6) is 0.0980. The van der Waals surface area contributed by atoms with Crippen molar-refractivity contribution in [3.63, 3.8) is 0 Å². The monoisotopic (exact) mass is 403 g/mol. The van der Waals surface area contributed by atoms with E-state index in [1.165, 1.54) is 5.56 Å². The van der Waals surface area contributed by atoms with Crippen LogP contribution in [0.2, 0.25) is 0 Å². The molecule has 0 radical (unpaired) electrons. The van der Waals surface area contributed by atoms with Crippen molar-refractivity contribution < 1.29 is 9.59 Å². The molecule has 0 aliphatic carbocycles. The smallest absolute Gasteiger partial charge is 0.256 e. The second-order valence-electron chi connectivity index (χ2n) is 8.12. The third-order valence-electron chi connectivity index (χ3n) is 6.15. The first kappa shape index (κ1) is 18.8. The number of fused-ring (bicyclic) bond motifs is 1.